The number of ether oxygens (including phenoxy) is 1. The molecule has 1 N–H and O–H groups in total. The van der Waals surface area contributed by atoms with Crippen LogP contribution in [0.2, 0.25) is 0 Å². The molecule has 1 aromatic carbocycles. The van der Waals surface area contributed by atoms with E-state index in [2.05, 4.69) is 15.9 Å². The third kappa shape index (κ3) is 6.43. The van der Waals surface area contributed by atoms with Gasteiger partial charge in [-0.1, -0.05) is 29.8 Å². The Hall–Kier alpha value is -1.63. The number of rotatable bonds is 8. The smallest absolute Gasteiger partial charge is 0.305 e. The van der Waals surface area contributed by atoms with Crippen molar-refractivity contribution in [3.8, 4) is 5.75 Å². The second kappa shape index (κ2) is 8.73. The highest BCUT2D eigenvalue weighted by molar-refractivity contribution is 9.10. The molecule has 0 aliphatic rings. The number of aliphatic carboxylic acids is 1. The third-order valence-corrected chi connectivity index (χ3v) is 3.27. The largest absolute Gasteiger partial charge is 0.481 e. The molecule has 5 nitrogen and oxygen atoms in total. The Morgan fingerprint density at radius 2 is 2.09 bits per heavy atom. The Labute approximate surface area is 137 Å². The second-order valence-corrected chi connectivity index (χ2v) is 6.16. The number of carboxylic acid groups (broad SMARTS) is 1. The number of carbonyl (C=O) groups is 2. The summed E-state index contributed by atoms with van der Waals surface area (Å²) in [6.07, 6.45) is -0.134. The van der Waals surface area contributed by atoms with Crippen LogP contribution in [-0.2, 0) is 9.59 Å². The lowest BCUT2D eigenvalue weighted by Gasteiger charge is -2.24. The molecule has 0 fully saturated rings. The lowest BCUT2D eigenvalue weighted by molar-refractivity contribution is -0.139. The molecular formula is C15H19BrFNO4. The van der Waals surface area contributed by atoms with Gasteiger partial charge < -0.3 is 14.7 Å². The molecular weight excluding hydrogens is 357 g/mol. The van der Waals surface area contributed by atoms with Gasteiger partial charge in [-0.25, -0.2) is 4.39 Å². The molecule has 0 heterocycles. The predicted molar refractivity (Wildman–Crippen MR) is 83.3 cm³/mol. The van der Waals surface area contributed by atoms with Crippen molar-refractivity contribution in [2.45, 2.75) is 20.3 Å². The highest BCUT2D eigenvalue weighted by atomic mass is 79.9. The summed E-state index contributed by atoms with van der Waals surface area (Å²) in [6, 6.07) is 4.28. The molecule has 0 aliphatic heterocycles. The highest BCUT2D eigenvalue weighted by Crippen LogP contribution is 2.21. The zero-order valence-electron chi connectivity index (χ0n) is 12.5. The number of hydrogen-bond donors (Lipinski definition) is 1. The minimum absolute atomic E-state index is 0.0146. The van der Waals surface area contributed by atoms with E-state index >= 15 is 0 Å². The maximum absolute atomic E-state index is 13.6. The van der Waals surface area contributed by atoms with Crippen molar-refractivity contribution in [1.82, 2.24) is 4.90 Å². The molecule has 1 aromatic rings. The Balaban J connectivity index is 2.63. The van der Waals surface area contributed by atoms with Gasteiger partial charge in [-0.2, -0.15) is 0 Å². The van der Waals surface area contributed by atoms with Gasteiger partial charge in [0.25, 0.3) is 5.91 Å². The number of carboxylic acids is 1. The fraction of sp³-hybridized carbons (Fsp3) is 0.467. The van der Waals surface area contributed by atoms with Crippen molar-refractivity contribution < 1.29 is 23.8 Å². The molecule has 7 heteroatoms. The predicted octanol–water partition coefficient (Wildman–Crippen LogP) is 2.93. The van der Waals surface area contributed by atoms with Crippen LogP contribution in [0.1, 0.15) is 20.3 Å². The van der Waals surface area contributed by atoms with Gasteiger partial charge in [0.15, 0.2) is 18.2 Å². The summed E-state index contributed by atoms with van der Waals surface area (Å²) < 4.78 is 19.4. The fourth-order valence-electron chi connectivity index (χ4n) is 1.81. The van der Waals surface area contributed by atoms with Crippen molar-refractivity contribution in [2.24, 2.45) is 5.92 Å². The molecule has 1 rings (SSSR count). The lowest BCUT2D eigenvalue weighted by Crippen LogP contribution is -2.39. The van der Waals surface area contributed by atoms with Crippen molar-refractivity contribution in [1.29, 1.82) is 0 Å². The van der Waals surface area contributed by atoms with Crippen molar-refractivity contribution in [3.05, 3.63) is 28.5 Å². The average Bonchev–Trinajstić information content (AvgIpc) is 2.41. The van der Waals surface area contributed by atoms with Gasteiger partial charge in [0.05, 0.1) is 6.42 Å². The Morgan fingerprint density at radius 3 is 2.64 bits per heavy atom. The van der Waals surface area contributed by atoms with E-state index in [-0.39, 0.29) is 37.1 Å². The molecule has 0 atom stereocenters. The first-order valence-electron chi connectivity index (χ1n) is 6.87. The van der Waals surface area contributed by atoms with Crippen LogP contribution in [0.3, 0.4) is 0 Å². The van der Waals surface area contributed by atoms with Crippen LogP contribution in [0.5, 0.6) is 5.75 Å². The molecule has 0 unspecified atom stereocenters. The van der Waals surface area contributed by atoms with Gasteiger partial charge >= 0.3 is 5.97 Å². The molecule has 22 heavy (non-hydrogen) atoms. The van der Waals surface area contributed by atoms with Crippen molar-refractivity contribution in [2.75, 3.05) is 19.7 Å². The van der Waals surface area contributed by atoms with E-state index < -0.39 is 11.8 Å². The third-order valence-electron chi connectivity index (χ3n) is 2.78. The fourth-order valence-corrected chi connectivity index (χ4v) is 2.15. The number of carbonyl (C=O) groups excluding carboxylic acids is 1. The molecule has 0 spiro atoms. The monoisotopic (exact) mass is 375 g/mol. The Bertz CT molecular complexity index is 536. The minimum Gasteiger partial charge on any atom is -0.481 e. The Morgan fingerprint density at radius 1 is 1.41 bits per heavy atom. The average molecular weight is 376 g/mol. The molecule has 1 amide bonds. The van der Waals surface area contributed by atoms with Crippen LogP contribution >= 0.6 is 15.9 Å². The topological polar surface area (TPSA) is 66.8 Å². The number of hydrogen-bond acceptors (Lipinski definition) is 3. The summed E-state index contributed by atoms with van der Waals surface area (Å²) in [5.74, 6) is -1.72. The lowest BCUT2D eigenvalue weighted by atomic mass is 10.2. The van der Waals surface area contributed by atoms with E-state index in [0.717, 1.165) is 0 Å². The van der Waals surface area contributed by atoms with Crippen LogP contribution in [0.4, 0.5) is 4.39 Å². The van der Waals surface area contributed by atoms with E-state index in [0.29, 0.717) is 11.0 Å². The second-order valence-electron chi connectivity index (χ2n) is 5.24. The molecule has 122 valence electrons. The number of nitrogens with zero attached hydrogens (tertiary/aromatic N) is 1. The Kier molecular flexibility index (Phi) is 7.31. The van der Waals surface area contributed by atoms with E-state index in [1.54, 1.807) is 6.07 Å². The van der Waals surface area contributed by atoms with Crippen LogP contribution in [0, 0.1) is 11.7 Å². The maximum Gasteiger partial charge on any atom is 0.305 e. The zero-order chi connectivity index (χ0) is 16.7. The SMILES string of the molecule is CC(C)CN(CCC(=O)O)C(=O)COc1ccc(Br)cc1F. The van der Waals surface area contributed by atoms with Crippen LogP contribution in [0.25, 0.3) is 0 Å². The van der Waals surface area contributed by atoms with E-state index in [1.165, 1.54) is 17.0 Å². The first-order valence-corrected chi connectivity index (χ1v) is 7.66. The van der Waals surface area contributed by atoms with Crippen molar-refractivity contribution in [3.63, 3.8) is 0 Å². The van der Waals surface area contributed by atoms with Gasteiger partial charge in [-0.05, 0) is 24.1 Å². The van der Waals surface area contributed by atoms with E-state index in [9.17, 15) is 14.0 Å². The van der Waals surface area contributed by atoms with Gasteiger partial charge in [-0.15, -0.1) is 0 Å². The summed E-state index contributed by atoms with van der Waals surface area (Å²) in [7, 11) is 0. The summed E-state index contributed by atoms with van der Waals surface area (Å²) >= 11 is 3.13. The molecule has 0 saturated carbocycles. The summed E-state index contributed by atoms with van der Waals surface area (Å²) in [5.41, 5.74) is 0. The van der Waals surface area contributed by atoms with Gasteiger partial charge in [0.2, 0.25) is 0 Å². The molecule has 0 aromatic heterocycles. The minimum atomic E-state index is -0.971. The zero-order valence-corrected chi connectivity index (χ0v) is 14.1. The summed E-state index contributed by atoms with van der Waals surface area (Å²) in [5, 5.41) is 8.73. The van der Waals surface area contributed by atoms with Gasteiger partial charge in [0.1, 0.15) is 0 Å². The summed E-state index contributed by atoms with van der Waals surface area (Å²) in [4.78, 5) is 24.2. The normalized spacial score (nSPS) is 10.6. The molecule has 0 saturated heterocycles. The number of benzene rings is 1. The maximum atomic E-state index is 13.6. The number of amides is 1. The first-order chi connectivity index (χ1) is 10.3. The molecule has 0 radical (unpaired) electrons. The van der Waals surface area contributed by atoms with Crippen LogP contribution in [-0.4, -0.2) is 41.6 Å². The number of halogens is 2. The first kappa shape index (κ1) is 18.4. The molecule has 0 bridgehead atoms. The van der Waals surface area contributed by atoms with Crippen LogP contribution < -0.4 is 4.74 Å². The van der Waals surface area contributed by atoms with E-state index in [4.69, 9.17) is 9.84 Å². The quantitative estimate of drug-likeness (QED) is 0.758. The highest BCUT2D eigenvalue weighted by Gasteiger charge is 2.17. The van der Waals surface area contributed by atoms with Gasteiger partial charge in [-0.3, -0.25) is 9.59 Å². The summed E-state index contributed by atoms with van der Waals surface area (Å²) in [6.45, 7) is 4.06. The van der Waals surface area contributed by atoms with E-state index in [1.807, 2.05) is 13.8 Å². The van der Waals surface area contributed by atoms with Crippen LogP contribution in [0.15, 0.2) is 22.7 Å². The van der Waals surface area contributed by atoms with Crippen molar-refractivity contribution >= 4 is 27.8 Å². The standard InChI is InChI=1S/C15H19BrFNO4/c1-10(2)8-18(6-5-15(20)21)14(19)9-22-13-4-3-11(16)7-12(13)17/h3-4,7,10H,5-6,8-9H2,1-2H3,(H,20,21). The molecule has 0 aliphatic carbocycles. The van der Waals surface area contributed by atoms with Gasteiger partial charge in [0, 0.05) is 17.6 Å².